The van der Waals surface area contributed by atoms with E-state index in [1.165, 1.54) is 32.1 Å². The number of hydrogen-bond acceptors (Lipinski definition) is 5. The maximum Gasteiger partial charge on any atom is 0.258 e. The number of carbonyl (C=O) groups excluding carboxylic acids is 2. The summed E-state index contributed by atoms with van der Waals surface area (Å²) in [4.78, 5) is 26.4. The molecule has 0 aliphatic heterocycles. The second-order valence-corrected chi connectivity index (χ2v) is 11.7. The minimum absolute atomic E-state index is 0.0501. The van der Waals surface area contributed by atoms with Crippen molar-refractivity contribution in [2.45, 2.75) is 78.7 Å². The zero-order chi connectivity index (χ0) is 25.9. The summed E-state index contributed by atoms with van der Waals surface area (Å²) in [7, 11) is 0. The Balaban J connectivity index is 1.55. The van der Waals surface area contributed by atoms with Crippen molar-refractivity contribution in [1.82, 2.24) is 20.4 Å². The summed E-state index contributed by atoms with van der Waals surface area (Å²) in [6.45, 7) is 9.46. The van der Waals surface area contributed by atoms with E-state index in [1.807, 2.05) is 19.9 Å². The number of nitrogens with two attached hydrogens (primary N) is 1. The highest BCUT2D eigenvalue weighted by molar-refractivity contribution is 5.96. The third-order valence-corrected chi connectivity index (χ3v) is 8.75. The van der Waals surface area contributed by atoms with Gasteiger partial charge in [-0.15, -0.1) is 0 Å². The Morgan fingerprint density at radius 1 is 1.17 bits per heavy atom. The van der Waals surface area contributed by atoms with E-state index in [-0.39, 0.29) is 17.9 Å². The molecule has 4 N–H and O–H groups in total. The first-order chi connectivity index (χ1) is 17.3. The highest BCUT2D eigenvalue weighted by Gasteiger charge is 2.48. The largest absolute Gasteiger partial charge is 0.477 e. The second-order valence-electron chi connectivity index (χ2n) is 11.7. The van der Waals surface area contributed by atoms with Gasteiger partial charge in [0.2, 0.25) is 11.8 Å². The van der Waals surface area contributed by atoms with Crippen LogP contribution in [0.15, 0.2) is 12.3 Å². The molecule has 0 radical (unpaired) electrons. The van der Waals surface area contributed by atoms with Gasteiger partial charge < -0.3 is 21.1 Å². The normalized spacial score (nSPS) is 27.1. The van der Waals surface area contributed by atoms with Crippen LogP contribution < -0.4 is 21.1 Å². The van der Waals surface area contributed by atoms with Crippen molar-refractivity contribution in [3.8, 4) is 5.88 Å². The van der Waals surface area contributed by atoms with E-state index in [0.717, 1.165) is 11.8 Å². The van der Waals surface area contributed by atoms with Crippen LogP contribution >= 0.6 is 0 Å². The highest BCUT2D eigenvalue weighted by atomic mass is 16.5. The lowest BCUT2D eigenvalue weighted by molar-refractivity contribution is -0.128. The van der Waals surface area contributed by atoms with Crippen molar-refractivity contribution in [3.05, 3.63) is 17.8 Å². The van der Waals surface area contributed by atoms with E-state index in [9.17, 15) is 9.59 Å². The van der Waals surface area contributed by atoms with Crippen molar-refractivity contribution < 1.29 is 14.3 Å². The standard InChI is InChI=1S/C28H45N5O3/c1-5-28(6-2,27(35)30-9-8-29)7-10-33-26(36-17-18(3)4)23(16-31-33)25(34)32-24-21-12-19-11-20(14-21)15-22(24)13-19/h7,10,16,18-22,24H,5-6,8-9,11-15,17,29H2,1-4H3,(H,30,35)(H,32,34). The average Bonchev–Trinajstić information content (AvgIpc) is 3.27. The summed E-state index contributed by atoms with van der Waals surface area (Å²) >= 11 is 0. The van der Waals surface area contributed by atoms with E-state index in [2.05, 4.69) is 29.6 Å². The summed E-state index contributed by atoms with van der Waals surface area (Å²) in [5.74, 6) is 3.49. The molecule has 1 aromatic rings. The molecule has 36 heavy (non-hydrogen) atoms. The van der Waals surface area contributed by atoms with Gasteiger partial charge in [-0.05, 0) is 74.5 Å². The average molecular weight is 500 g/mol. The van der Waals surface area contributed by atoms with Gasteiger partial charge in [-0.2, -0.15) is 5.10 Å². The van der Waals surface area contributed by atoms with Gasteiger partial charge in [0, 0.05) is 25.3 Å². The van der Waals surface area contributed by atoms with E-state index in [0.29, 0.717) is 61.7 Å². The summed E-state index contributed by atoms with van der Waals surface area (Å²) in [6, 6.07) is 0.251. The molecule has 0 atom stereocenters. The molecular weight excluding hydrogens is 454 g/mol. The molecule has 8 nitrogen and oxygen atoms in total. The fourth-order valence-electron chi connectivity index (χ4n) is 6.85. The van der Waals surface area contributed by atoms with Crippen molar-refractivity contribution in [3.63, 3.8) is 0 Å². The molecular formula is C28H45N5O3. The van der Waals surface area contributed by atoms with Crippen LogP contribution in [0.3, 0.4) is 0 Å². The number of amides is 2. The summed E-state index contributed by atoms with van der Waals surface area (Å²) in [5, 5.41) is 10.8. The first kappa shape index (κ1) is 26.7. The third-order valence-electron chi connectivity index (χ3n) is 8.75. The Bertz CT molecular complexity index is 921. The fourth-order valence-corrected chi connectivity index (χ4v) is 6.85. The zero-order valence-corrected chi connectivity index (χ0v) is 22.5. The van der Waals surface area contributed by atoms with Gasteiger partial charge in [0.1, 0.15) is 5.56 Å². The molecule has 5 rings (SSSR count). The molecule has 0 saturated heterocycles. The molecule has 0 aromatic carbocycles. The molecule has 8 heteroatoms. The summed E-state index contributed by atoms with van der Waals surface area (Å²) < 4.78 is 7.73. The van der Waals surface area contributed by atoms with Gasteiger partial charge in [-0.25, -0.2) is 4.68 Å². The smallest absolute Gasteiger partial charge is 0.258 e. The van der Waals surface area contributed by atoms with Crippen LogP contribution in [0.1, 0.15) is 83.0 Å². The Morgan fingerprint density at radius 3 is 2.36 bits per heavy atom. The van der Waals surface area contributed by atoms with E-state index < -0.39 is 5.41 Å². The Labute approximate surface area is 215 Å². The van der Waals surface area contributed by atoms with E-state index in [4.69, 9.17) is 10.5 Å². The molecule has 4 aliphatic rings. The molecule has 1 aromatic heterocycles. The van der Waals surface area contributed by atoms with Gasteiger partial charge in [0.25, 0.3) is 5.91 Å². The lowest BCUT2D eigenvalue weighted by Crippen LogP contribution is -2.55. The predicted octanol–water partition coefficient (Wildman–Crippen LogP) is 3.82. The number of hydrogen-bond donors (Lipinski definition) is 3. The SMILES string of the molecule is CCC(C=Cn1ncc(C(=O)NC2C3CC4CC(C3)CC2C4)c1OCC(C)C)(CC)C(=O)NCCN. The first-order valence-electron chi connectivity index (χ1n) is 14.0. The third kappa shape index (κ3) is 5.48. The van der Waals surface area contributed by atoms with Crippen LogP contribution in [0.5, 0.6) is 5.88 Å². The van der Waals surface area contributed by atoms with Crippen molar-refractivity contribution in [2.75, 3.05) is 19.7 Å². The molecule has 4 saturated carbocycles. The quantitative estimate of drug-likeness (QED) is 0.405. The van der Waals surface area contributed by atoms with Crippen molar-refractivity contribution >= 4 is 18.0 Å². The summed E-state index contributed by atoms with van der Waals surface area (Å²) in [6.07, 6.45) is 12.9. The predicted molar refractivity (Wildman–Crippen MR) is 141 cm³/mol. The van der Waals surface area contributed by atoms with Crippen LogP contribution in [-0.2, 0) is 4.79 Å². The maximum atomic E-state index is 13.5. The Morgan fingerprint density at radius 2 is 1.81 bits per heavy atom. The minimum atomic E-state index is -0.681. The zero-order valence-electron chi connectivity index (χ0n) is 22.5. The van der Waals surface area contributed by atoms with Gasteiger partial charge in [0.05, 0.1) is 18.2 Å². The number of nitrogens with zero attached hydrogens (tertiary/aromatic N) is 2. The number of aromatic nitrogens is 2. The van der Waals surface area contributed by atoms with Gasteiger partial charge in [0.15, 0.2) is 0 Å². The highest BCUT2D eigenvalue weighted by Crippen LogP contribution is 2.53. The Kier molecular flexibility index (Phi) is 8.43. The number of rotatable bonds is 12. The Hall–Kier alpha value is -2.35. The molecule has 2 amide bonds. The van der Waals surface area contributed by atoms with Crippen LogP contribution in [0.25, 0.3) is 6.20 Å². The monoisotopic (exact) mass is 499 g/mol. The molecule has 4 fully saturated rings. The molecule has 200 valence electrons. The molecule has 1 heterocycles. The number of carbonyl (C=O) groups is 2. The van der Waals surface area contributed by atoms with Crippen LogP contribution in [0.2, 0.25) is 0 Å². The fraction of sp³-hybridized carbons (Fsp3) is 0.750. The molecule has 0 spiro atoms. The van der Waals surface area contributed by atoms with E-state index in [1.54, 1.807) is 17.1 Å². The van der Waals surface area contributed by atoms with E-state index >= 15 is 0 Å². The lowest BCUT2D eigenvalue weighted by atomic mass is 9.54. The number of nitrogens with one attached hydrogen (secondary N) is 2. The second kappa shape index (κ2) is 11.4. The maximum absolute atomic E-state index is 13.5. The first-order valence-corrected chi connectivity index (χ1v) is 14.0. The van der Waals surface area contributed by atoms with Crippen LogP contribution in [0.4, 0.5) is 0 Å². The summed E-state index contributed by atoms with van der Waals surface area (Å²) in [5.41, 5.74) is 5.36. The molecule has 0 unspecified atom stereocenters. The van der Waals surface area contributed by atoms with Gasteiger partial charge in [-0.1, -0.05) is 33.8 Å². The lowest BCUT2D eigenvalue weighted by Gasteiger charge is -2.54. The van der Waals surface area contributed by atoms with Crippen LogP contribution in [0, 0.1) is 35.0 Å². The molecule has 4 bridgehead atoms. The number of ether oxygens (including phenoxy) is 1. The topological polar surface area (TPSA) is 111 Å². The van der Waals surface area contributed by atoms with Crippen LogP contribution in [-0.4, -0.2) is 47.3 Å². The van der Waals surface area contributed by atoms with Crippen molar-refractivity contribution in [1.29, 1.82) is 0 Å². The minimum Gasteiger partial charge on any atom is -0.477 e. The van der Waals surface area contributed by atoms with Gasteiger partial charge >= 0.3 is 0 Å². The molecule has 4 aliphatic carbocycles. The van der Waals surface area contributed by atoms with Crippen molar-refractivity contribution in [2.24, 2.45) is 40.7 Å². The van der Waals surface area contributed by atoms with Gasteiger partial charge in [-0.3, -0.25) is 9.59 Å².